The summed E-state index contributed by atoms with van der Waals surface area (Å²) in [7, 11) is 0. The molecule has 4 aliphatic heterocycles. The summed E-state index contributed by atoms with van der Waals surface area (Å²) < 4.78 is 0. The van der Waals surface area contributed by atoms with Crippen molar-refractivity contribution in [2.24, 2.45) is 9.98 Å². The average Bonchev–Trinajstić information content (AvgIpc) is 3.32. The van der Waals surface area contributed by atoms with Crippen LogP contribution in [0.4, 0.5) is 0 Å². The number of nitrogens with one attached hydrogen (secondary N) is 2. The Labute approximate surface area is 145 Å². The molecule has 2 N–H and O–H groups in total. The van der Waals surface area contributed by atoms with Crippen molar-refractivity contribution < 1.29 is 0 Å². The smallest absolute Gasteiger partial charge is 0.0658 e. The Morgan fingerprint density at radius 3 is 2.36 bits per heavy atom. The van der Waals surface area contributed by atoms with E-state index >= 15 is 0 Å². The number of allylic oxidation sites excluding steroid dienone is 4. The second-order valence-electron chi connectivity index (χ2n) is 6.87. The van der Waals surface area contributed by atoms with Gasteiger partial charge in [-0.2, -0.15) is 0 Å². The molecule has 5 heterocycles. The van der Waals surface area contributed by atoms with Crippen molar-refractivity contribution >= 4 is 23.6 Å². The average molecular weight is 326 g/mol. The van der Waals surface area contributed by atoms with Crippen LogP contribution in [0.1, 0.15) is 6.92 Å². The fourth-order valence-corrected chi connectivity index (χ4v) is 3.48. The maximum Gasteiger partial charge on any atom is 0.0658 e. The third kappa shape index (κ3) is 2.81. The molecule has 0 radical (unpaired) electrons. The summed E-state index contributed by atoms with van der Waals surface area (Å²) in [6.45, 7) is 2.16. The van der Waals surface area contributed by atoms with Gasteiger partial charge in [0.25, 0.3) is 0 Å². The van der Waals surface area contributed by atoms with Crippen LogP contribution in [-0.4, -0.2) is 28.0 Å². The van der Waals surface area contributed by atoms with E-state index in [1.807, 2.05) is 12.2 Å². The number of H-pyrrole nitrogens is 1. The van der Waals surface area contributed by atoms with Crippen LogP contribution in [0.2, 0.25) is 0 Å². The molecular formula is C21H18N4. The van der Waals surface area contributed by atoms with Gasteiger partial charge in [0.1, 0.15) is 0 Å². The molecular weight excluding hydrogens is 308 g/mol. The van der Waals surface area contributed by atoms with Gasteiger partial charge < -0.3 is 4.98 Å². The highest BCUT2D eigenvalue weighted by molar-refractivity contribution is 6.20. The van der Waals surface area contributed by atoms with Crippen molar-refractivity contribution in [3.05, 3.63) is 82.8 Å². The topological polar surface area (TPSA) is 52.5 Å². The van der Waals surface area contributed by atoms with E-state index in [4.69, 9.17) is 4.99 Å². The molecule has 0 aliphatic carbocycles. The Bertz CT molecular complexity index is 1090. The van der Waals surface area contributed by atoms with Gasteiger partial charge in [-0.25, -0.2) is 9.98 Å². The van der Waals surface area contributed by atoms with Crippen molar-refractivity contribution in [2.45, 2.75) is 18.5 Å². The summed E-state index contributed by atoms with van der Waals surface area (Å²) in [6, 6.07) is 4.28. The molecule has 4 nitrogen and oxygen atoms in total. The van der Waals surface area contributed by atoms with Crippen LogP contribution in [0.15, 0.2) is 82.1 Å². The van der Waals surface area contributed by atoms with Crippen LogP contribution in [0.3, 0.4) is 0 Å². The molecule has 1 aromatic rings. The number of nitrogens with zero attached hydrogens (tertiary/aromatic N) is 2. The zero-order valence-corrected chi connectivity index (χ0v) is 13.9. The van der Waals surface area contributed by atoms with Gasteiger partial charge in [0.05, 0.1) is 28.4 Å². The molecule has 2 atom stereocenters. The van der Waals surface area contributed by atoms with Gasteiger partial charge in [0.2, 0.25) is 0 Å². The lowest BCUT2D eigenvalue weighted by atomic mass is 10.0. The van der Waals surface area contributed by atoms with Crippen molar-refractivity contribution in [1.29, 1.82) is 0 Å². The normalized spacial score (nSPS) is 28.9. The minimum atomic E-state index is -0.210. The van der Waals surface area contributed by atoms with Crippen molar-refractivity contribution in [3.8, 4) is 0 Å². The maximum absolute atomic E-state index is 4.71. The summed E-state index contributed by atoms with van der Waals surface area (Å²) in [5.74, 6) is 0. The van der Waals surface area contributed by atoms with E-state index in [9.17, 15) is 0 Å². The SMILES string of the molecule is CC12C=CC(C=C3C=CC(=N3)C=c3ccc([nH]3)=CC3=NC(=C1)C=C3)N2. The summed E-state index contributed by atoms with van der Waals surface area (Å²) in [5, 5.41) is 5.69. The Kier molecular flexibility index (Phi) is 3.02. The maximum atomic E-state index is 4.71. The molecule has 8 bridgehead atoms. The number of aliphatic imine (C=N–C) groups is 2. The molecule has 25 heavy (non-hydrogen) atoms. The predicted octanol–water partition coefficient (Wildman–Crippen LogP) is 1.67. The quantitative estimate of drug-likeness (QED) is 0.700. The molecule has 0 saturated carbocycles. The number of aromatic amines is 1. The lowest BCUT2D eigenvalue weighted by molar-refractivity contribution is 0.548. The monoisotopic (exact) mass is 326 g/mol. The third-order valence-electron chi connectivity index (χ3n) is 4.63. The highest BCUT2D eigenvalue weighted by Gasteiger charge is 2.27. The van der Waals surface area contributed by atoms with E-state index < -0.39 is 0 Å². The van der Waals surface area contributed by atoms with Gasteiger partial charge in [-0.05, 0) is 67.7 Å². The number of fused-ring (bicyclic) bond motifs is 6. The van der Waals surface area contributed by atoms with Crippen molar-refractivity contribution in [3.63, 3.8) is 0 Å². The summed E-state index contributed by atoms with van der Waals surface area (Å²) in [4.78, 5) is 12.8. The van der Waals surface area contributed by atoms with Crippen LogP contribution < -0.4 is 16.0 Å². The molecule has 0 fully saturated rings. The fourth-order valence-electron chi connectivity index (χ4n) is 3.48. The van der Waals surface area contributed by atoms with E-state index in [1.54, 1.807) is 0 Å². The van der Waals surface area contributed by atoms with Gasteiger partial charge in [-0.15, -0.1) is 0 Å². The van der Waals surface area contributed by atoms with Gasteiger partial charge in [0.15, 0.2) is 0 Å². The second-order valence-corrected chi connectivity index (χ2v) is 6.87. The van der Waals surface area contributed by atoms with Crippen LogP contribution in [-0.2, 0) is 0 Å². The molecule has 5 rings (SSSR count). The lowest BCUT2D eigenvalue weighted by Gasteiger charge is -2.21. The fraction of sp³-hybridized carbons (Fsp3) is 0.143. The molecule has 0 amide bonds. The molecule has 4 aliphatic rings. The first-order valence-corrected chi connectivity index (χ1v) is 8.47. The summed E-state index contributed by atoms with van der Waals surface area (Å²) in [5.41, 5.74) is 3.66. The highest BCUT2D eigenvalue weighted by atomic mass is 15.0. The Morgan fingerprint density at radius 2 is 1.60 bits per heavy atom. The van der Waals surface area contributed by atoms with Gasteiger partial charge in [-0.1, -0.05) is 12.2 Å². The van der Waals surface area contributed by atoms with Crippen molar-refractivity contribution in [2.75, 3.05) is 0 Å². The first-order chi connectivity index (χ1) is 12.1. The third-order valence-corrected chi connectivity index (χ3v) is 4.63. The molecule has 0 spiro atoms. The standard InChI is InChI=1S/C21H18N4/c1-21-9-8-19(25-21)12-18-5-4-15(23-18)10-14-2-3-16(22-14)11-17-6-7-20(13-21)24-17/h2-13,19,22,25H,1H3. The largest absolute Gasteiger partial charge is 0.355 e. The Hall–Kier alpha value is -2.98. The van der Waals surface area contributed by atoms with E-state index in [1.165, 1.54) is 0 Å². The molecule has 4 heteroatoms. The van der Waals surface area contributed by atoms with Gasteiger partial charge in [0, 0.05) is 16.7 Å². The number of hydrogen-bond donors (Lipinski definition) is 2. The minimum absolute atomic E-state index is 0.162. The Morgan fingerprint density at radius 1 is 0.920 bits per heavy atom. The summed E-state index contributed by atoms with van der Waals surface area (Å²) >= 11 is 0. The second kappa shape index (κ2) is 5.26. The number of rotatable bonds is 0. The first-order valence-electron chi connectivity index (χ1n) is 8.47. The van der Waals surface area contributed by atoms with E-state index in [2.05, 4.69) is 83.0 Å². The zero-order chi connectivity index (χ0) is 16.9. The Balaban J connectivity index is 1.67. The van der Waals surface area contributed by atoms with Crippen molar-refractivity contribution in [1.82, 2.24) is 10.3 Å². The van der Waals surface area contributed by atoms with Crippen LogP contribution in [0.25, 0.3) is 12.2 Å². The van der Waals surface area contributed by atoms with Crippen LogP contribution >= 0.6 is 0 Å². The number of aromatic nitrogens is 1. The highest BCUT2D eigenvalue weighted by Crippen LogP contribution is 2.23. The molecule has 1 aromatic heterocycles. The lowest BCUT2D eigenvalue weighted by Crippen LogP contribution is -2.39. The summed E-state index contributed by atoms with van der Waals surface area (Å²) in [6.07, 6.45) is 21.0. The van der Waals surface area contributed by atoms with Crippen LogP contribution in [0.5, 0.6) is 0 Å². The van der Waals surface area contributed by atoms with Crippen LogP contribution in [0, 0.1) is 0 Å². The first kappa shape index (κ1) is 14.4. The molecule has 122 valence electrons. The van der Waals surface area contributed by atoms with E-state index in [0.29, 0.717) is 0 Å². The molecule has 0 saturated heterocycles. The van der Waals surface area contributed by atoms with Gasteiger partial charge in [-0.3, -0.25) is 5.32 Å². The zero-order valence-electron chi connectivity index (χ0n) is 13.9. The van der Waals surface area contributed by atoms with Gasteiger partial charge >= 0.3 is 0 Å². The predicted molar refractivity (Wildman–Crippen MR) is 103 cm³/mol. The molecule has 0 aromatic carbocycles. The van der Waals surface area contributed by atoms with E-state index in [-0.39, 0.29) is 11.6 Å². The molecule has 2 unspecified atom stereocenters. The van der Waals surface area contributed by atoms with E-state index in [0.717, 1.165) is 33.5 Å². The minimum Gasteiger partial charge on any atom is -0.355 e. The number of hydrogen-bond acceptors (Lipinski definition) is 3.